The normalized spacial score (nSPS) is 12.2. The van der Waals surface area contributed by atoms with Gasteiger partial charge in [0.05, 0.1) is 13.2 Å². The molecule has 0 aromatic heterocycles. The van der Waals surface area contributed by atoms with E-state index in [4.69, 9.17) is 9.47 Å². The molecule has 0 aromatic carbocycles. The van der Waals surface area contributed by atoms with Crippen LogP contribution in [0.1, 0.15) is 106 Å². The van der Waals surface area contributed by atoms with Gasteiger partial charge in [0.15, 0.2) is 0 Å². The van der Waals surface area contributed by atoms with Crippen LogP contribution in [0.5, 0.6) is 0 Å². The Balaban J connectivity index is 0. The molecule has 0 fully saturated rings. The average molecular weight is 425 g/mol. The van der Waals surface area contributed by atoms with Crippen LogP contribution in [0.2, 0.25) is 0 Å². The molecule has 0 spiro atoms. The molecule has 4 heteroatoms. The Bertz CT molecular complexity index is 461. The fourth-order valence-corrected chi connectivity index (χ4v) is 2.85. The molecular formula is C26H48O4. The number of carbonyl (C=O) groups excluding carboxylic acids is 2. The van der Waals surface area contributed by atoms with Gasteiger partial charge >= 0.3 is 11.9 Å². The molecule has 0 amide bonds. The van der Waals surface area contributed by atoms with Crippen LogP contribution in [-0.4, -0.2) is 25.2 Å². The molecule has 4 nitrogen and oxygen atoms in total. The van der Waals surface area contributed by atoms with E-state index in [0.717, 1.165) is 32.1 Å². The Morgan fingerprint density at radius 3 is 1.53 bits per heavy atom. The van der Waals surface area contributed by atoms with E-state index in [1.165, 1.54) is 43.8 Å². The van der Waals surface area contributed by atoms with Gasteiger partial charge in [0.25, 0.3) is 0 Å². The average Bonchev–Trinajstić information content (AvgIpc) is 2.61. The summed E-state index contributed by atoms with van der Waals surface area (Å²) in [5, 5.41) is 0. The highest BCUT2D eigenvalue weighted by Crippen LogP contribution is 2.15. The largest absolute Gasteiger partial charge is 0.466 e. The molecule has 0 N–H and O–H groups in total. The van der Waals surface area contributed by atoms with E-state index >= 15 is 0 Å². The molecule has 0 saturated heterocycles. The summed E-state index contributed by atoms with van der Waals surface area (Å²) in [6, 6.07) is 0. The predicted molar refractivity (Wildman–Crippen MR) is 127 cm³/mol. The third-order valence-electron chi connectivity index (χ3n) is 4.84. The number of hydrogen-bond acceptors (Lipinski definition) is 4. The Kier molecular flexibility index (Phi) is 21.1. The lowest BCUT2D eigenvalue weighted by molar-refractivity contribution is -0.144. The first-order chi connectivity index (χ1) is 14.1. The number of hydrogen-bond donors (Lipinski definition) is 0. The van der Waals surface area contributed by atoms with Crippen LogP contribution in [0.4, 0.5) is 0 Å². The molecule has 0 radical (unpaired) electrons. The van der Waals surface area contributed by atoms with Gasteiger partial charge in [-0.15, -0.1) is 13.2 Å². The zero-order valence-corrected chi connectivity index (χ0v) is 20.7. The quantitative estimate of drug-likeness (QED) is 0.191. The highest BCUT2D eigenvalue weighted by atomic mass is 16.5. The molecule has 0 aliphatic carbocycles. The van der Waals surface area contributed by atoms with Crippen molar-refractivity contribution < 1.29 is 19.1 Å². The molecule has 0 bridgehead atoms. The summed E-state index contributed by atoms with van der Waals surface area (Å²) in [5.41, 5.74) is 2.50. The highest BCUT2D eigenvalue weighted by Gasteiger charge is 2.05. The van der Waals surface area contributed by atoms with Crippen molar-refractivity contribution in [3.8, 4) is 0 Å². The summed E-state index contributed by atoms with van der Waals surface area (Å²) in [6.07, 6.45) is 10.3. The van der Waals surface area contributed by atoms with E-state index < -0.39 is 0 Å². The fourth-order valence-electron chi connectivity index (χ4n) is 2.85. The molecule has 176 valence electrons. The van der Waals surface area contributed by atoms with Crippen LogP contribution in [0, 0.1) is 11.8 Å². The van der Waals surface area contributed by atoms with E-state index in [1.807, 2.05) is 6.92 Å². The van der Waals surface area contributed by atoms with Gasteiger partial charge in [-0.3, -0.25) is 9.59 Å². The maximum Gasteiger partial charge on any atom is 0.305 e. The molecule has 0 aliphatic rings. The fraction of sp³-hybridized carbons (Fsp3) is 0.769. The van der Waals surface area contributed by atoms with Crippen molar-refractivity contribution in [2.45, 2.75) is 106 Å². The zero-order chi connectivity index (χ0) is 23.4. The van der Waals surface area contributed by atoms with Crippen molar-refractivity contribution >= 4 is 11.9 Å². The van der Waals surface area contributed by atoms with Crippen LogP contribution in [0.3, 0.4) is 0 Å². The van der Waals surface area contributed by atoms with E-state index in [1.54, 1.807) is 0 Å². The Hall–Kier alpha value is -1.58. The summed E-state index contributed by atoms with van der Waals surface area (Å²) in [5.74, 6) is 1.03. The molecule has 0 aliphatic heterocycles. The van der Waals surface area contributed by atoms with Crippen molar-refractivity contribution in [3.63, 3.8) is 0 Å². The maximum absolute atomic E-state index is 11.1. The second-order valence-electron chi connectivity index (χ2n) is 8.80. The third-order valence-corrected chi connectivity index (χ3v) is 4.84. The maximum atomic E-state index is 11.1. The zero-order valence-electron chi connectivity index (χ0n) is 20.7. The first kappa shape index (κ1) is 30.6. The second-order valence-corrected chi connectivity index (χ2v) is 8.80. The molecule has 0 saturated carbocycles. The topological polar surface area (TPSA) is 52.6 Å². The second kappa shape index (κ2) is 20.7. The number of rotatable bonds is 16. The molecule has 0 aromatic rings. The monoisotopic (exact) mass is 424 g/mol. The SMILES string of the molecule is C=C(C)CCCC(C)CCOC(=O)CCC.C=C(C)CCCC(C)CCOC(C)=O. The molecule has 2 atom stereocenters. The minimum atomic E-state index is -0.181. The summed E-state index contributed by atoms with van der Waals surface area (Å²) >= 11 is 0. The van der Waals surface area contributed by atoms with Crippen molar-refractivity contribution in [3.05, 3.63) is 24.3 Å². The van der Waals surface area contributed by atoms with Gasteiger partial charge in [-0.2, -0.15) is 0 Å². The molecule has 0 heterocycles. The Morgan fingerprint density at radius 1 is 0.733 bits per heavy atom. The summed E-state index contributed by atoms with van der Waals surface area (Å²) in [7, 11) is 0. The standard InChI is InChI=1S/C14H26O2.C12H22O2/c1-5-7-14(15)16-11-10-13(4)9-6-8-12(2)3;1-10(2)6-5-7-11(3)8-9-14-12(4)13/h13H,2,5-11H2,1,3-4H3;11H,1,5-9H2,2-4H3. The van der Waals surface area contributed by atoms with E-state index in [9.17, 15) is 9.59 Å². The minimum Gasteiger partial charge on any atom is -0.466 e. The Labute approximate surface area is 186 Å². The van der Waals surface area contributed by atoms with Crippen LogP contribution in [0.25, 0.3) is 0 Å². The van der Waals surface area contributed by atoms with Gasteiger partial charge in [-0.05, 0) is 70.6 Å². The molecule has 30 heavy (non-hydrogen) atoms. The van der Waals surface area contributed by atoms with Crippen molar-refractivity contribution in [2.75, 3.05) is 13.2 Å². The minimum absolute atomic E-state index is 0.0587. The predicted octanol–water partition coefficient (Wildman–Crippen LogP) is 7.42. The van der Waals surface area contributed by atoms with Gasteiger partial charge in [0.2, 0.25) is 0 Å². The number of allylic oxidation sites excluding steroid dienone is 2. The van der Waals surface area contributed by atoms with Gasteiger partial charge in [0.1, 0.15) is 0 Å². The van der Waals surface area contributed by atoms with Crippen molar-refractivity contribution in [2.24, 2.45) is 11.8 Å². The first-order valence-electron chi connectivity index (χ1n) is 11.7. The number of carbonyl (C=O) groups is 2. The van der Waals surface area contributed by atoms with Crippen molar-refractivity contribution in [1.82, 2.24) is 0 Å². The molecule has 0 rings (SSSR count). The van der Waals surface area contributed by atoms with Crippen LogP contribution in [-0.2, 0) is 19.1 Å². The van der Waals surface area contributed by atoms with E-state index in [-0.39, 0.29) is 11.9 Å². The number of ether oxygens (including phenoxy) is 2. The summed E-state index contributed by atoms with van der Waals surface area (Å²) in [6.45, 7) is 20.9. The van der Waals surface area contributed by atoms with Gasteiger partial charge in [0, 0.05) is 13.3 Å². The van der Waals surface area contributed by atoms with Crippen LogP contribution in [0.15, 0.2) is 24.3 Å². The van der Waals surface area contributed by atoms with Gasteiger partial charge in [-0.25, -0.2) is 0 Å². The lowest BCUT2D eigenvalue weighted by Crippen LogP contribution is -2.08. The van der Waals surface area contributed by atoms with Crippen LogP contribution < -0.4 is 0 Å². The Morgan fingerprint density at radius 2 is 1.17 bits per heavy atom. The number of esters is 2. The highest BCUT2D eigenvalue weighted by molar-refractivity contribution is 5.69. The third kappa shape index (κ3) is 26.4. The summed E-state index contributed by atoms with van der Waals surface area (Å²) < 4.78 is 10.0. The van der Waals surface area contributed by atoms with Crippen molar-refractivity contribution in [1.29, 1.82) is 0 Å². The van der Waals surface area contributed by atoms with E-state index in [0.29, 0.717) is 31.5 Å². The lowest BCUT2D eigenvalue weighted by atomic mass is 9.99. The van der Waals surface area contributed by atoms with E-state index in [2.05, 4.69) is 40.9 Å². The van der Waals surface area contributed by atoms with Gasteiger partial charge in [-0.1, -0.05) is 44.8 Å². The lowest BCUT2D eigenvalue weighted by Gasteiger charge is -2.11. The summed E-state index contributed by atoms with van der Waals surface area (Å²) in [4.78, 5) is 21.6. The smallest absolute Gasteiger partial charge is 0.305 e. The van der Waals surface area contributed by atoms with Gasteiger partial charge < -0.3 is 9.47 Å². The first-order valence-corrected chi connectivity index (χ1v) is 11.7. The van der Waals surface area contributed by atoms with Crippen LogP contribution >= 0.6 is 0 Å². The molecular weight excluding hydrogens is 376 g/mol. The molecule has 2 unspecified atom stereocenters.